The third kappa shape index (κ3) is 7.95. The number of thioether (sulfide) groups is 1. The Balaban J connectivity index is 1.22. The number of carbonyl (C=O) groups excluding carboxylic acids is 2. The summed E-state index contributed by atoms with van der Waals surface area (Å²) in [4.78, 5) is 37.2. The SMILES string of the molecule is COc1ccc(C2=NN(C(=O)CSc3nnc(CNC(=O)COc4ccccc4)n3-c3ccc([N+](=O)[O-])cc3)C(c3ccc(F)cc3)C2)cc1. The first-order valence-electron chi connectivity index (χ1n) is 15.3. The number of nitrogens with one attached hydrogen (secondary N) is 1. The monoisotopic (exact) mass is 695 g/mol. The molecule has 0 spiro atoms. The normalized spacial score (nSPS) is 13.8. The van der Waals surface area contributed by atoms with Crippen LogP contribution < -0.4 is 14.8 Å². The van der Waals surface area contributed by atoms with E-state index in [1.807, 2.05) is 30.3 Å². The van der Waals surface area contributed by atoms with Gasteiger partial charge in [-0.1, -0.05) is 42.1 Å². The quantitative estimate of drug-likeness (QED) is 0.0957. The molecule has 1 aromatic heterocycles. The Morgan fingerprint density at radius 2 is 1.68 bits per heavy atom. The number of benzene rings is 4. The van der Waals surface area contributed by atoms with Crippen LogP contribution in [-0.2, 0) is 16.1 Å². The highest BCUT2D eigenvalue weighted by atomic mass is 32.2. The second kappa shape index (κ2) is 15.4. The number of rotatable bonds is 13. The van der Waals surface area contributed by atoms with Crippen LogP contribution in [0.1, 0.15) is 29.4 Å². The number of halogens is 1. The van der Waals surface area contributed by atoms with Gasteiger partial charge in [-0.3, -0.25) is 24.3 Å². The predicted octanol–water partition coefficient (Wildman–Crippen LogP) is 5.49. The number of nitro groups is 1. The van der Waals surface area contributed by atoms with Crippen LogP contribution in [0.3, 0.4) is 0 Å². The number of methoxy groups -OCH3 is 1. The molecule has 5 aromatic rings. The van der Waals surface area contributed by atoms with Crippen LogP contribution in [0.25, 0.3) is 5.69 Å². The lowest BCUT2D eigenvalue weighted by molar-refractivity contribution is -0.384. The van der Waals surface area contributed by atoms with Gasteiger partial charge in [-0.15, -0.1) is 10.2 Å². The maximum Gasteiger partial charge on any atom is 0.269 e. The first-order valence-corrected chi connectivity index (χ1v) is 16.3. The van der Waals surface area contributed by atoms with E-state index < -0.39 is 22.7 Å². The molecule has 15 heteroatoms. The summed E-state index contributed by atoms with van der Waals surface area (Å²) in [7, 11) is 1.58. The summed E-state index contributed by atoms with van der Waals surface area (Å²) in [6, 6.07) is 27.5. The Hall–Kier alpha value is -6.09. The van der Waals surface area contributed by atoms with Crippen molar-refractivity contribution < 1.29 is 28.4 Å². The molecule has 0 fully saturated rings. The Labute approximate surface area is 289 Å². The Morgan fingerprint density at radius 1 is 0.960 bits per heavy atom. The summed E-state index contributed by atoms with van der Waals surface area (Å²) < 4.78 is 26.2. The zero-order valence-electron chi connectivity index (χ0n) is 26.6. The van der Waals surface area contributed by atoms with Crippen molar-refractivity contribution in [1.82, 2.24) is 25.1 Å². The minimum Gasteiger partial charge on any atom is -0.497 e. The largest absolute Gasteiger partial charge is 0.497 e. The smallest absolute Gasteiger partial charge is 0.269 e. The van der Waals surface area contributed by atoms with Gasteiger partial charge >= 0.3 is 0 Å². The number of hydrazone groups is 1. The molecule has 4 aromatic carbocycles. The Bertz CT molecular complexity index is 2010. The lowest BCUT2D eigenvalue weighted by Crippen LogP contribution is -2.29. The van der Waals surface area contributed by atoms with Gasteiger partial charge in [-0.05, 0) is 71.8 Å². The molecule has 1 aliphatic rings. The second-order valence-electron chi connectivity index (χ2n) is 11.0. The highest BCUT2D eigenvalue weighted by Gasteiger charge is 2.33. The number of nitrogens with zero attached hydrogens (tertiary/aromatic N) is 6. The number of ether oxygens (including phenoxy) is 2. The van der Waals surface area contributed by atoms with E-state index in [0.29, 0.717) is 40.3 Å². The zero-order valence-corrected chi connectivity index (χ0v) is 27.5. The van der Waals surface area contributed by atoms with Crippen molar-refractivity contribution in [3.05, 3.63) is 136 Å². The molecule has 13 nitrogen and oxygen atoms in total. The zero-order chi connectivity index (χ0) is 35.0. The molecule has 1 aliphatic heterocycles. The van der Waals surface area contributed by atoms with E-state index in [1.165, 1.54) is 41.4 Å². The lowest BCUT2D eigenvalue weighted by atomic mass is 9.98. The topological polar surface area (TPSA) is 154 Å². The molecular weight excluding hydrogens is 665 g/mol. The van der Waals surface area contributed by atoms with Crippen molar-refractivity contribution >= 4 is 35.0 Å². The number of non-ortho nitro benzene ring substituents is 1. The molecular formula is C35H30FN7O6S. The standard InChI is InChI=1S/C35H30FN7O6S/c1-48-28-17-9-23(10-18-28)30-19-31(24-7-11-25(36)12-8-24)42(40-30)34(45)22-50-35-39-38-32(41(35)26-13-15-27(16-14-26)43(46)47)20-37-33(44)21-49-29-5-3-2-4-6-29/h2-18,31H,19-22H2,1H3,(H,37,44). The Kier molecular flexibility index (Phi) is 10.4. The summed E-state index contributed by atoms with van der Waals surface area (Å²) >= 11 is 1.09. The van der Waals surface area contributed by atoms with Gasteiger partial charge < -0.3 is 14.8 Å². The van der Waals surface area contributed by atoms with Crippen LogP contribution in [0.4, 0.5) is 10.1 Å². The van der Waals surface area contributed by atoms with Gasteiger partial charge in [0, 0.05) is 24.2 Å². The third-order valence-electron chi connectivity index (χ3n) is 7.74. The molecule has 0 bridgehead atoms. The van der Waals surface area contributed by atoms with Gasteiger partial charge in [0.1, 0.15) is 17.3 Å². The van der Waals surface area contributed by atoms with Gasteiger partial charge in [-0.2, -0.15) is 5.10 Å². The average Bonchev–Trinajstić information content (AvgIpc) is 3.78. The minimum absolute atomic E-state index is 0.0379. The van der Waals surface area contributed by atoms with Crippen molar-refractivity contribution in [1.29, 1.82) is 0 Å². The summed E-state index contributed by atoms with van der Waals surface area (Å²) in [5, 5.41) is 29.0. The fourth-order valence-corrected chi connectivity index (χ4v) is 6.04. The van der Waals surface area contributed by atoms with Crippen molar-refractivity contribution in [2.24, 2.45) is 5.10 Å². The minimum atomic E-state index is -0.507. The van der Waals surface area contributed by atoms with Gasteiger partial charge in [-0.25, -0.2) is 9.40 Å². The first kappa shape index (κ1) is 33.8. The van der Waals surface area contributed by atoms with Gasteiger partial charge in [0.15, 0.2) is 17.6 Å². The van der Waals surface area contributed by atoms with Crippen LogP contribution in [0, 0.1) is 15.9 Å². The van der Waals surface area contributed by atoms with Gasteiger partial charge in [0.05, 0.1) is 36.1 Å². The first-order chi connectivity index (χ1) is 24.3. The van der Waals surface area contributed by atoms with E-state index in [9.17, 15) is 24.1 Å². The van der Waals surface area contributed by atoms with E-state index in [-0.39, 0.29) is 30.5 Å². The number of amides is 2. The molecule has 254 valence electrons. The third-order valence-corrected chi connectivity index (χ3v) is 8.66. The van der Waals surface area contributed by atoms with E-state index in [0.717, 1.165) is 22.9 Å². The number of carbonyl (C=O) groups is 2. The Morgan fingerprint density at radius 3 is 2.36 bits per heavy atom. The maximum atomic E-state index is 13.8. The molecule has 2 heterocycles. The van der Waals surface area contributed by atoms with E-state index >= 15 is 0 Å². The maximum absolute atomic E-state index is 13.8. The van der Waals surface area contributed by atoms with Crippen LogP contribution in [0.2, 0.25) is 0 Å². The number of hydrogen-bond donors (Lipinski definition) is 1. The summed E-state index contributed by atoms with van der Waals surface area (Å²) in [5.41, 5.74) is 2.61. The van der Waals surface area contributed by atoms with Crippen LogP contribution in [-0.4, -0.2) is 61.7 Å². The molecule has 0 radical (unpaired) electrons. The van der Waals surface area contributed by atoms with E-state index in [4.69, 9.17) is 14.6 Å². The number of aromatic nitrogens is 3. The molecule has 2 amide bonds. The molecule has 1 unspecified atom stereocenters. The summed E-state index contributed by atoms with van der Waals surface area (Å²) in [6.45, 7) is -0.264. The van der Waals surface area contributed by atoms with Crippen molar-refractivity contribution in [2.75, 3.05) is 19.5 Å². The summed E-state index contributed by atoms with van der Waals surface area (Å²) in [5.74, 6) is 0.328. The fraction of sp³-hybridized carbons (Fsp3) is 0.171. The van der Waals surface area contributed by atoms with Crippen molar-refractivity contribution in [3.8, 4) is 17.2 Å². The van der Waals surface area contributed by atoms with Crippen LogP contribution in [0.15, 0.2) is 113 Å². The highest BCUT2D eigenvalue weighted by molar-refractivity contribution is 7.99. The molecule has 1 atom stereocenters. The van der Waals surface area contributed by atoms with E-state index in [1.54, 1.807) is 48.1 Å². The molecule has 1 N–H and O–H groups in total. The number of para-hydroxylation sites is 1. The lowest BCUT2D eigenvalue weighted by Gasteiger charge is -2.22. The van der Waals surface area contributed by atoms with Gasteiger partial charge in [0.25, 0.3) is 17.5 Å². The molecule has 0 saturated carbocycles. The molecule has 0 saturated heterocycles. The average molecular weight is 696 g/mol. The molecule has 6 rings (SSSR count). The van der Waals surface area contributed by atoms with Gasteiger partial charge in [0.2, 0.25) is 0 Å². The predicted molar refractivity (Wildman–Crippen MR) is 183 cm³/mol. The molecule has 0 aliphatic carbocycles. The van der Waals surface area contributed by atoms with Crippen molar-refractivity contribution in [3.63, 3.8) is 0 Å². The number of nitro benzene ring substituents is 1. The number of hydrogen-bond acceptors (Lipinski definition) is 10. The molecule has 50 heavy (non-hydrogen) atoms. The van der Waals surface area contributed by atoms with Crippen LogP contribution in [0.5, 0.6) is 11.5 Å². The van der Waals surface area contributed by atoms with Crippen LogP contribution >= 0.6 is 11.8 Å². The summed E-state index contributed by atoms with van der Waals surface area (Å²) in [6.07, 6.45) is 0.408. The van der Waals surface area contributed by atoms with Crippen molar-refractivity contribution in [2.45, 2.75) is 24.2 Å². The fourth-order valence-electron chi connectivity index (χ4n) is 5.22. The highest BCUT2D eigenvalue weighted by Crippen LogP contribution is 2.34. The second-order valence-corrected chi connectivity index (χ2v) is 11.9. The van der Waals surface area contributed by atoms with E-state index in [2.05, 4.69) is 15.5 Å².